The molecule has 7 heteroatoms. The van der Waals surface area contributed by atoms with Crippen LogP contribution < -0.4 is 14.9 Å². The second-order valence-corrected chi connectivity index (χ2v) is 4.25. The number of carbonyl (C=O) groups is 1. The topological polar surface area (TPSA) is 90.7 Å². The van der Waals surface area contributed by atoms with Crippen molar-refractivity contribution >= 4 is 5.97 Å². The second-order valence-electron chi connectivity index (χ2n) is 4.25. The summed E-state index contributed by atoms with van der Waals surface area (Å²) in [5, 5.41) is 12.9. The van der Waals surface area contributed by atoms with Crippen LogP contribution in [0.1, 0.15) is 16.2 Å². The fourth-order valence-corrected chi connectivity index (χ4v) is 1.91. The summed E-state index contributed by atoms with van der Waals surface area (Å²) in [4.78, 5) is 22.6. The number of aromatic carboxylic acids is 1. The number of carboxylic acids is 1. The van der Waals surface area contributed by atoms with E-state index in [0.29, 0.717) is 22.9 Å². The lowest BCUT2D eigenvalue weighted by Crippen LogP contribution is -2.22. The van der Waals surface area contributed by atoms with Crippen LogP contribution in [0.2, 0.25) is 0 Å². The molecule has 0 atom stereocenters. The predicted octanol–water partition coefficient (Wildman–Crippen LogP) is 1.26. The predicted molar refractivity (Wildman–Crippen MR) is 74.6 cm³/mol. The van der Waals surface area contributed by atoms with E-state index in [9.17, 15) is 9.59 Å². The van der Waals surface area contributed by atoms with E-state index in [2.05, 4.69) is 5.10 Å². The zero-order valence-corrected chi connectivity index (χ0v) is 11.8. The first-order valence-electron chi connectivity index (χ1n) is 6.04. The van der Waals surface area contributed by atoms with E-state index < -0.39 is 17.1 Å². The number of nitrogens with zero attached hydrogens (tertiary/aromatic N) is 2. The largest absolute Gasteiger partial charge is 0.493 e. The molecule has 1 heterocycles. The molecular weight excluding hydrogens is 276 g/mol. The molecule has 1 N–H and O–H groups in total. The molecule has 0 radical (unpaired) electrons. The van der Waals surface area contributed by atoms with E-state index in [1.165, 1.54) is 25.0 Å². The monoisotopic (exact) mass is 290 g/mol. The summed E-state index contributed by atoms with van der Waals surface area (Å²) in [6.45, 7) is 1.66. The Hall–Kier alpha value is -2.83. The maximum absolute atomic E-state index is 11.6. The van der Waals surface area contributed by atoms with Crippen LogP contribution in [0.15, 0.2) is 29.1 Å². The van der Waals surface area contributed by atoms with Gasteiger partial charge in [-0.2, -0.15) is 5.10 Å². The first-order chi connectivity index (χ1) is 9.97. The summed E-state index contributed by atoms with van der Waals surface area (Å²) in [7, 11) is 3.01. The van der Waals surface area contributed by atoms with Crippen LogP contribution in [-0.4, -0.2) is 35.1 Å². The second kappa shape index (κ2) is 5.66. The van der Waals surface area contributed by atoms with Crippen LogP contribution in [-0.2, 0) is 0 Å². The number of hydrogen-bond acceptors (Lipinski definition) is 5. The highest BCUT2D eigenvalue weighted by Crippen LogP contribution is 2.29. The van der Waals surface area contributed by atoms with E-state index in [-0.39, 0.29) is 0 Å². The molecule has 0 spiro atoms. The van der Waals surface area contributed by atoms with Crippen molar-refractivity contribution in [2.45, 2.75) is 6.92 Å². The Labute approximate surface area is 120 Å². The van der Waals surface area contributed by atoms with Crippen LogP contribution in [0.5, 0.6) is 11.5 Å². The van der Waals surface area contributed by atoms with Gasteiger partial charge >= 0.3 is 5.97 Å². The molecule has 0 aliphatic rings. The van der Waals surface area contributed by atoms with E-state index in [4.69, 9.17) is 14.6 Å². The molecule has 1 aromatic heterocycles. The highest BCUT2D eigenvalue weighted by molar-refractivity contribution is 5.84. The van der Waals surface area contributed by atoms with Gasteiger partial charge in [-0.15, -0.1) is 0 Å². The summed E-state index contributed by atoms with van der Waals surface area (Å²) in [6.07, 6.45) is 0. The van der Waals surface area contributed by atoms with Gasteiger partial charge in [0, 0.05) is 17.8 Å². The third kappa shape index (κ3) is 2.71. The molecule has 0 saturated heterocycles. The molecule has 0 amide bonds. The minimum Gasteiger partial charge on any atom is -0.493 e. The fourth-order valence-electron chi connectivity index (χ4n) is 1.91. The van der Waals surface area contributed by atoms with Crippen molar-refractivity contribution in [2.24, 2.45) is 0 Å². The maximum Gasteiger partial charge on any atom is 0.360 e. The molecule has 21 heavy (non-hydrogen) atoms. The number of ether oxygens (including phenoxy) is 2. The summed E-state index contributed by atoms with van der Waals surface area (Å²) < 4.78 is 11.7. The molecule has 2 rings (SSSR count). The summed E-state index contributed by atoms with van der Waals surface area (Å²) in [5.41, 5.74) is -0.0861. The first-order valence-corrected chi connectivity index (χ1v) is 6.04. The quantitative estimate of drug-likeness (QED) is 0.911. The van der Waals surface area contributed by atoms with Gasteiger partial charge in [-0.3, -0.25) is 4.79 Å². The molecule has 0 fully saturated rings. The Morgan fingerprint density at radius 1 is 1.19 bits per heavy atom. The van der Waals surface area contributed by atoms with Crippen molar-refractivity contribution < 1.29 is 19.4 Å². The number of carboxylic acid groups (broad SMARTS) is 1. The molecule has 2 aromatic rings. The van der Waals surface area contributed by atoms with Crippen molar-refractivity contribution in [3.63, 3.8) is 0 Å². The van der Waals surface area contributed by atoms with Crippen LogP contribution in [0.3, 0.4) is 0 Å². The minimum absolute atomic E-state index is 0.478. The lowest BCUT2D eigenvalue weighted by Gasteiger charge is -2.13. The van der Waals surface area contributed by atoms with Gasteiger partial charge in [-0.05, 0) is 19.1 Å². The summed E-state index contributed by atoms with van der Waals surface area (Å²) in [5.74, 6) is -0.348. The zero-order valence-electron chi connectivity index (χ0n) is 11.8. The molecule has 0 saturated carbocycles. The van der Waals surface area contributed by atoms with E-state index in [0.717, 1.165) is 0 Å². The average Bonchev–Trinajstić information content (AvgIpc) is 2.46. The third-order valence-corrected chi connectivity index (χ3v) is 2.92. The fraction of sp³-hybridized carbons (Fsp3) is 0.214. The lowest BCUT2D eigenvalue weighted by molar-refractivity contribution is 0.0686. The van der Waals surface area contributed by atoms with Gasteiger partial charge in [0.15, 0.2) is 11.5 Å². The third-order valence-electron chi connectivity index (χ3n) is 2.92. The van der Waals surface area contributed by atoms with Gasteiger partial charge in [0.25, 0.3) is 0 Å². The molecule has 7 nitrogen and oxygen atoms in total. The zero-order chi connectivity index (χ0) is 15.6. The van der Waals surface area contributed by atoms with Gasteiger partial charge in [0.1, 0.15) is 0 Å². The number of benzene rings is 1. The number of aromatic nitrogens is 2. The number of hydrogen-bond donors (Lipinski definition) is 1. The highest BCUT2D eigenvalue weighted by Gasteiger charge is 2.14. The van der Waals surface area contributed by atoms with Crippen molar-refractivity contribution in [2.75, 3.05) is 14.2 Å². The van der Waals surface area contributed by atoms with Crippen LogP contribution >= 0.6 is 0 Å². The number of rotatable bonds is 4. The molecule has 0 aliphatic carbocycles. The van der Waals surface area contributed by atoms with Crippen molar-refractivity contribution in [1.29, 1.82) is 0 Å². The first kappa shape index (κ1) is 14.6. The summed E-state index contributed by atoms with van der Waals surface area (Å²) >= 11 is 0. The van der Waals surface area contributed by atoms with Crippen molar-refractivity contribution in [1.82, 2.24) is 9.78 Å². The van der Waals surface area contributed by atoms with Crippen molar-refractivity contribution in [3.05, 3.63) is 45.9 Å². The molecular formula is C14H14N2O5. The maximum atomic E-state index is 11.6. The Morgan fingerprint density at radius 3 is 2.43 bits per heavy atom. The SMILES string of the molecule is COc1ccc(-n2nc(C(=O)O)c(=O)cc2C)cc1OC. The molecule has 0 aliphatic heterocycles. The van der Waals surface area contributed by atoms with Gasteiger partial charge in [-0.1, -0.05) is 0 Å². The summed E-state index contributed by atoms with van der Waals surface area (Å²) in [6, 6.07) is 6.24. The van der Waals surface area contributed by atoms with Gasteiger partial charge in [0.2, 0.25) is 11.1 Å². The van der Waals surface area contributed by atoms with Crippen LogP contribution in [0.4, 0.5) is 0 Å². The Morgan fingerprint density at radius 2 is 1.86 bits per heavy atom. The van der Waals surface area contributed by atoms with E-state index >= 15 is 0 Å². The Kier molecular flexibility index (Phi) is 3.93. The number of methoxy groups -OCH3 is 2. The van der Waals surface area contributed by atoms with E-state index in [1.807, 2.05) is 0 Å². The number of aryl methyl sites for hydroxylation is 1. The average molecular weight is 290 g/mol. The van der Waals surface area contributed by atoms with Gasteiger partial charge < -0.3 is 14.6 Å². The highest BCUT2D eigenvalue weighted by atomic mass is 16.5. The minimum atomic E-state index is -1.37. The molecule has 0 unspecified atom stereocenters. The van der Waals surface area contributed by atoms with Crippen LogP contribution in [0, 0.1) is 6.92 Å². The van der Waals surface area contributed by atoms with Crippen molar-refractivity contribution in [3.8, 4) is 17.2 Å². The van der Waals surface area contributed by atoms with Gasteiger partial charge in [0.05, 0.1) is 19.9 Å². The Bertz CT molecular complexity index is 752. The molecule has 0 bridgehead atoms. The Balaban J connectivity index is 2.64. The standard InChI is InChI=1S/C14H14N2O5/c1-8-6-10(17)13(14(18)19)15-16(8)9-4-5-11(20-2)12(7-9)21-3/h4-7H,1-3H3,(H,18,19). The van der Waals surface area contributed by atoms with Gasteiger partial charge in [-0.25, -0.2) is 9.48 Å². The van der Waals surface area contributed by atoms with Crippen LogP contribution in [0.25, 0.3) is 5.69 Å². The molecule has 1 aromatic carbocycles. The molecule has 110 valence electrons. The lowest BCUT2D eigenvalue weighted by atomic mass is 10.2. The smallest absolute Gasteiger partial charge is 0.360 e. The van der Waals surface area contributed by atoms with E-state index in [1.54, 1.807) is 25.1 Å². The normalized spacial score (nSPS) is 10.2.